The lowest BCUT2D eigenvalue weighted by Gasteiger charge is -2.27. The van der Waals surface area contributed by atoms with Gasteiger partial charge in [-0.25, -0.2) is 9.97 Å². The molecule has 122 valence electrons. The highest BCUT2D eigenvalue weighted by Gasteiger charge is 2.15. The molecule has 0 N–H and O–H groups in total. The second kappa shape index (κ2) is 7.48. The third kappa shape index (κ3) is 4.03. The van der Waals surface area contributed by atoms with Crippen LogP contribution in [0.25, 0.3) is 0 Å². The topological polar surface area (TPSA) is 54.4 Å². The van der Waals surface area contributed by atoms with Gasteiger partial charge < -0.3 is 9.64 Å². The number of aromatic nitrogens is 3. The van der Waals surface area contributed by atoms with Crippen molar-refractivity contribution in [1.29, 1.82) is 0 Å². The summed E-state index contributed by atoms with van der Waals surface area (Å²) < 4.78 is 5.36. The van der Waals surface area contributed by atoms with Gasteiger partial charge in [0.15, 0.2) is 0 Å². The van der Waals surface area contributed by atoms with E-state index < -0.39 is 0 Å². The maximum absolute atomic E-state index is 5.36. The van der Waals surface area contributed by atoms with Crippen molar-refractivity contribution in [2.45, 2.75) is 19.5 Å². The maximum Gasteiger partial charge on any atom is 0.225 e. The molecule has 6 nitrogen and oxygen atoms in total. The highest BCUT2D eigenvalue weighted by atomic mass is 16.5. The standard InChI is InChI=1S/C17H23N5O/c1-14(16-5-3-4-6-18-16)21(2)13-15-11-19-17(20-12-15)22-7-9-23-10-8-22/h3-6,11-12,14H,7-10,13H2,1-2H3/t14-/m0/s1. The first-order chi connectivity index (χ1) is 11.2. The molecule has 0 amide bonds. The minimum absolute atomic E-state index is 0.245. The number of hydrogen-bond acceptors (Lipinski definition) is 6. The van der Waals surface area contributed by atoms with Crippen LogP contribution < -0.4 is 4.90 Å². The van der Waals surface area contributed by atoms with Crippen molar-refractivity contribution in [2.24, 2.45) is 0 Å². The Morgan fingerprint density at radius 1 is 1.17 bits per heavy atom. The second-order valence-electron chi connectivity index (χ2n) is 5.84. The summed E-state index contributed by atoms with van der Waals surface area (Å²) in [4.78, 5) is 17.8. The van der Waals surface area contributed by atoms with Crippen LogP contribution in [0.4, 0.5) is 5.95 Å². The largest absolute Gasteiger partial charge is 0.378 e. The van der Waals surface area contributed by atoms with Crippen molar-refractivity contribution in [2.75, 3.05) is 38.3 Å². The van der Waals surface area contributed by atoms with Gasteiger partial charge in [0.1, 0.15) is 0 Å². The van der Waals surface area contributed by atoms with Gasteiger partial charge in [0.25, 0.3) is 0 Å². The van der Waals surface area contributed by atoms with Gasteiger partial charge in [-0.15, -0.1) is 0 Å². The molecule has 1 aliphatic heterocycles. The van der Waals surface area contributed by atoms with Gasteiger partial charge in [-0.1, -0.05) is 6.07 Å². The SMILES string of the molecule is C[C@@H](c1ccccn1)N(C)Cc1cnc(N2CCOCC2)nc1. The van der Waals surface area contributed by atoms with Crippen LogP contribution in [0.1, 0.15) is 24.2 Å². The first kappa shape index (κ1) is 15.8. The highest BCUT2D eigenvalue weighted by Crippen LogP contribution is 2.18. The van der Waals surface area contributed by atoms with E-state index in [2.05, 4.69) is 44.8 Å². The average molecular weight is 313 g/mol. The molecule has 3 heterocycles. The van der Waals surface area contributed by atoms with E-state index in [9.17, 15) is 0 Å². The lowest BCUT2D eigenvalue weighted by atomic mass is 10.2. The first-order valence-corrected chi connectivity index (χ1v) is 7.99. The van der Waals surface area contributed by atoms with Crippen LogP contribution >= 0.6 is 0 Å². The Morgan fingerprint density at radius 2 is 1.91 bits per heavy atom. The zero-order valence-electron chi connectivity index (χ0n) is 13.7. The number of rotatable bonds is 5. The number of nitrogens with zero attached hydrogens (tertiary/aromatic N) is 5. The molecule has 0 saturated carbocycles. The predicted octanol–water partition coefficient (Wildman–Crippen LogP) is 1.90. The van der Waals surface area contributed by atoms with Crippen molar-refractivity contribution in [3.63, 3.8) is 0 Å². The summed E-state index contributed by atoms with van der Waals surface area (Å²) in [6.45, 7) is 6.16. The molecule has 0 spiro atoms. The molecule has 1 saturated heterocycles. The lowest BCUT2D eigenvalue weighted by Crippen LogP contribution is -2.37. The Labute approximate surface area is 137 Å². The lowest BCUT2D eigenvalue weighted by molar-refractivity contribution is 0.122. The van der Waals surface area contributed by atoms with Crippen molar-refractivity contribution < 1.29 is 4.74 Å². The molecule has 2 aromatic rings. The molecule has 0 aliphatic carbocycles. The molecule has 2 aromatic heterocycles. The van der Waals surface area contributed by atoms with E-state index in [1.807, 2.05) is 30.7 Å². The minimum atomic E-state index is 0.245. The quantitative estimate of drug-likeness (QED) is 0.840. The van der Waals surface area contributed by atoms with E-state index in [-0.39, 0.29) is 6.04 Å². The van der Waals surface area contributed by atoms with Crippen molar-refractivity contribution in [1.82, 2.24) is 19.9 Å². The number of anilines is 1. The van der Waals surface area contributed by atoms with Crippen LogP contribution in [-0.2, 0) is 11.3 Å². The molecule has 0 unspecified atom stereocenters. The molecular formula is C17H23N5O. The summed E-state index contributed by atoms with van der Waals surface area (Å²) in [6, 6.07) is 6.26. The van der Waals surface area contributed by atoms with E-state index in [4.69, 9.17) is 4.74 Å². The van der Waals surface area contributed by atoms with E-state index >= 15 is 0 Å². The third-order valence-corrected chi connectivity index (χ3v) is 4.19. The summed E-state index contributed by atoms with van der Waals surface area (Å²) >= 11 is 0. The Balaban J connectivity index is 1.61. The molecule has 1 fully saturated rings. The fourth-order valence-electron chi connectivity index (χ4n) is 2.63. The number of ether oxygens (including phenoxy) is 1. The van der Waals surface area contributed by atoms with Crippen molar-refractivity contribution in [3.8, 4) is 0 Å². The van der Waals surface area contributed by atoms with E-state index in [0.717, 1.165) is 50.1 Å². The molecule has 3 rings (SSSR count). The minimum Gasteiger partial charge on any atom is -0.378 e. The van der Waals surface area contributed by atoms with E-state index in [1.54, 1.807) is 0 Å². The van der Waals surface area contributed by atoms with E-state index in [0.29, 0.717) is 0 Å². The third-order valence-electron chi connectivity index (χ3n) is 4.19. The van der Waals surface area contributed by atoms with Crippen LogP contribution in [-0.4, -0.2) is 53.2 Å². The van der Waals surface area contributed by atoms with Crippen LogP contribution in [0.2, 0.25) is 0 Å². The Kier molecular flexibility index (Phi) is 5.15. The van der Waals surface area contributed by atoms with E-state index in [1.165, 1.54) is 0 Å². The van der Waals surface area contributed by atoms with Gasteiger partial charge >= 0.3 is 0 Å². The smallest absolute Gasteiger partial charge is 0.225 e. The maximum atomic E-state index is 5.36. The number of pyridine rings is 1. The normalized spacial score (nSPS) is 16.6. The first-order valence-electron chi connectivity index (χ1n) is 7.99. The van der Waals surface area contributed by atoms with Gasteiger partial charge in [-0.3, -0.25) is 9.88 Å². The Hall–Kier alpha value is -2.05. The molecule has 0 radical (unpaired) electrons. The molecular weight excluding hydrogens is 290 g/mol. The van der Waals surface area contributed by atoms with Gasteiger partial charge in [0.05, 0.1) is 18.9 Å². The molecule has 6 heteroatoms. The van der Waals surface area contributed by atoms with Gasteiger partial charge in [-0.05, 0) is 26.1 Å². The van der Waals surface area contributed by atoms with Crippen LogP contribution in [0, 0.1) is 0 Å². The van der Waals surface area contributed by atoms with Crippen LogP contribution in [0.3, 0.4) is 0 Å². The van der Waals surface area contributed by atoms with Crippen LogP contribution in [0.15, 0.2) is 36.8 Å². The summed E-state index contributed by atoms with van der Waals surface area (Å²) in [7, 11) is 2.09. The monoisotopic (exact) mass is 313 g/mol. The fourth-order valence-corrected chi connectivity index (χ4v) is 2.63. The Morgan fingerprint density at radius 3 is 2.57 bits per heavy atom. The zero-order chi connectivity index (χ0) is 16.1. The molecule has 0 bridgehead atoms. The Bertz CT molecular complexity index is 598. The molecule has 1 aliphatic rings. The van der Waals surface area contributed by atoms with Crippen molar-refractivity contribution in [3.05, 3.63) is 48.0 Å². The number of hydrogen-bond donors (Lipinski definition) is 0. The summed E-state index contributed by atoms with van der Waals surface area (Å²) in [5.74, 6) is 0.789. The predicted molar refractivity (Wildman–Crippen MR) is 89.2 cm³/mol. The molecule has 23 heavy (non-hydrogen) atoms. The summed E-state index contributed by atoms with van der Waals surface area (Å²) in [5.41, 5.74) is 2.17. The van der Waals surface area contributed by atoms with Gasteiger partial charge in [0, 0.05) is 49.8 Å². The van der Waals surface area contributed by atoms with Crippen molar-refractivity contribution >= 4 is 5.95 Å². The van der Waals surface area contributed by atoms with Crippen LogP contribution in [0.5, 0.6) is 0 Å². The summed E-state index contributed by atoms with van der Waals surface area (Å²) in [6.07, 6.45) is 5.67. The molecule has 1 atom stereocenters. The molecule has 0 aromatic carbocycles. The summed E-state index contributed by atoms with van der Waals surface area (Å²) in [5, 5.41) is 0. The zero-order valence-corrected chi connectivity index (χ0v) is 13.7. The highest BCUT2D eigenvalue weighted by molar-refractivity contribution is 5.30. The average Bonchev–Trinajstić information content (AvgIpc) is 2.63. The second-order valence-corrected chi connectivity index (χ2v) is 5.84. The number of morpholine rings is 1. The van der Waals surface area contributed by atoms with Gasteiger partial charge in [0.2, 0.25) is 5.95 Å². The van der Waals surface area contributed by atoms with Gasteiger partial charge in [-0.2, -0.15) is 0 Å². The fraction of sp³-hybridized carbons (Fsp3) is 0.471.